The van der Waals surface area contributed by atoms with E-state index in [0.29, 0.717) is 24.7 Å². The van der Waals surface area contributed by atoms with E-state index in [1.54, 1.807) is 18.3 Å². The highest BCUT2D eigenvalue weighted by Crippen LogP contribution is 2.22. The average Bonchev–Trinajstić information content (AvgIpc) is 3.19. The first-order valence-corrected chi connectivity index (χ1v) is 11.6. The number of carbonyl (C=O) groups excluding carboxylic acids is 2. The lowest BCUT2D eigenvalue weighted by molar-refractivity contribution is -0.125. The van der Waals surface area contributed by atoms with Crippen molar-refractivity contribution < 1.29 is 14.3 Å². The largest absolute Gasteiger partial charge is 0.476 e. The minimum absolute atomic E-state index is 0.269. The molecule has 2 aromatic heterocycles. The van der Waals surface area contributed by atoms with E-state index >= 15 is 0 Å². The number of hydrogen-bond donors (Lipinski definition) is 3. The summed E-state index contributed by atoms with van der Waals surface area (Å²) in [6.07, 6.45) is 3.39. The molecular weight excluding hydrogens is 432 g/mol. The van der Waals surface area contributed by atoms with Crippen molar-refractivity contribution in [2.45, 2.75) is 46.2 Å². The zero-order chi connectivity index (χ0) is 24.6. The van der Waals surface area contributed by atoms with Crippen LogP contribution in [0.25, 0.3) is 10.9 Å². The molecule has 0 saturated carbocycles. The minimum atomic E-state index is -0.754. The lowest BCUT2D eigenvalue weighted by Gasteiger charge is -2.30. The predicted molar refractivity (Wildman–Crippen MR) is 131 cm³/mol. The van der Waals surface area contributed by atoms with Gasteiger partial charge in [0.1, 0.15) is 12.6 Å². The van der Waals surface area contributed by atoms with Gasteiger partial charge < -0.3 is 21.1 Å². The maximum atomic E-state index is 13.3. The van der Waals surface area contributed by atoms with Crippen LogP contribution in [0.15, 0.2) is 48.7 Å². The van der Waals surface area contributed by atoms with Crippen molar-refractivity contribution in [1.29, 1.82) is 0 Å². The second-order valence-electron chi connectivity index (χ2n) is 9.16. The second kappa shape index (κ2) is 11.6. The molecular formula is C25H34N6O3. The zero-order valence-corrected chi connectivity index (χ0v) is 20.1. The third-order valence-corrected chi connectivity index (χ3v) is 5.39. The number of pyridine rings is 1. The Kier molecular flexibility index (Phi) is 8.59. The fourth-order valence-corrected chi connectivity index (χ4v) is 3.61. The quantitative estimate of drug-likeness (QED) is 0.373. The van der Waals surface area contributed by atoms with E-state index in [9.17, 15) is 9.59 Å². The lowest BCUT2D eigenvalue weighted by Crippen LogP contribution is -2.54. The summed E-state index contributed by atoms with van der Waals surface area (Å²) in [4.78, 5) is 30.3. The van der Waals surface area contributed by atoms with Crippen LogP contribution in [0.4, 0.5) is 0 Å². The molecule has 0 bridgehead atoms. The van der Waals surface area contributed by atoms with Gasteiger partial charge in [0.25, 0.3) is 5.91 Å². The van der Waals surface area contributed by atoms with E-state index in [1.165, 1.54) is 0 Å². The van der Waals surface area contributed by atoms with E-state index in [0.717, 1.165) is 23.7 Å². The fraction of sp³-hybridized carbons (Fsp3) is 0.440. The maximum Gasteiger partial charge on any atom is 0.273 e. The Morgan fingerprint density at radius 1 is 1.12 bits per heavy atom. The number of unbranched alkanes of at least 4 members (excludes halogenated alkanes) is 1. The molecule has 0 aliphatic carbocycles. The highest BCUT2D eigenvalue weighted by molar-refractivity contribution is 6.06. The van der Waals surface area contributed by atoms with E-state index in [-0.39, 0.29) is 25.0 Å². The van der Waals surface area contributed by atoms with Crippen LogP contribution in [-0.4, -0.2) is 52.3 Å². The molecule has 9 heteroatoms. The van der Waals surface area contributed by atoms with Crippen LogP contribution >= 0.6 is 0 Å². The van der Waals surface area contributed by atoms with Gasteiger partial charge in [-0.25, -0.2) is 4.98 Å². The summed E-state index contributed by atoms with van der Waals surface area (Å²) in [7, 11) is 0. The summed E-state index contributed by atoms with van der Waals surface area (Å²) in [5.74, 6) is -0.169. The number of fused-ring (bicyclic) bond motifs is 1. The molecule has 0 radical (unpaired) electrons. The third-order valence-electron chi connectivity index (χ3n) is 5.39. The number of amides is 2. The van der Waals surface area contributed by atoms with Gasteiger partial charge in [0.2, 0.25) is 11.8 Å². The van der Waals surface area contributed by atoms with E-state index < -0.39 is 11.5 Å². The van der Waals surface area contributed by atoms with E-state index in [1.807, 2.05) is 55.8 Å². The molecule has 9 nitrogen and oxygen atoms in total. The Bertz CT molecular complexity index is 1090. The molecule has 34 heavy (non-hydrogen) atoms. The number of carbonyl (C=O) groups is 2. The van der Waals surface area contributed by atoms with Crippen LogP contribution in [0.1, 0.15) is 44.1 Å². The number of hydrogen-bond acceptors (Lipinski definition) is 6. The predicted octanol–water partition coefficient (Wildman–Crippen LogP) is 2.51. The number of aryl methyl sites for hydroxylation is 1. The molecule has 4 N–H and O–H groups in total. The van der Waals surface area contributed by atoms with Gasteiger partial charge in [-0.2, -0.15) is 5.10 Å². The summed E-state index contributed by atoms with van der Waals surface area (Å²) in [6.45, 7) is 7.57. The van der Waals surface area contributed by atoms with Crippen molar-refractivity contribution >= 4 is 22.7 Å². The number of nitrogens with zero attached hydrogens (tertiary/aromatic N) is 3. The van der Waals surface area contributed by atoms with Gasteiger partial charge in [0.15, 0.2) is 5.69 Å². The molecule has 0 aliphatic rings. The zero-order valence-electron chi connectivity index (χ0n) is 20.1. The van der Waals surface area contributed by atoms with Crippen LogP contribution in [0, 0.1) is 5.41 Å². The molecule has 0 spiro atoms. The van der Waals surface area contributed by atoms with Crippen molar-refractivity contribution in [3.05, 3.63) is 54.4 Å². The maximum absolute atomic E-state index is 13.3. The van der Waals surface area contributed by atoms with E-state index in [2.05, 4.69) is 20.7 Å². The number of ether oxygens (including phenoxy) is 1. The van der Waals surface area contributed by atoms with Crippen molar-refractivity contribution in [2.24, 2.45) is 11.1 Å². The number of nitrogens with one attached hydrogen (secondary N) is 2. The average molecular weight is 467 g/mol. The first kappa shape index (κ1) is 25.2. The molecule has 182 valence electrons. The van der Waals surface area contributed by atoms with Crippen molar-refractivity contribution in [2.75, 3.05) is 19.7 Å². The monoisotopic (exact) mass is 466 g/mol. The van der Waals surface area contributed by atoms with E-state index in [4.69, 9.17) is 10.5 Å². The number of rotatable bonds is 11. The summed E-state index contributed by atoms with van der Waals surface area (Å²) in [5.41, 5.74) is 6.29. The topological polar surface area (TPSA) is 124 Å². The summed E-state index contributed by atoms with van der Waals surface area (Å²) in [5, 5.41) is 11.1. The van der Waals surface area contributed by atoms with Gasteiger partial charge in [0, 0.05) is 24.2 Å². The number of para-hydroxylation sites is 1. The van der Waals surface area contributed by atoms with Gasteiger partial charge in [0.05, 0.1) is 12.1 Å². The highest BCUT2D eigenvalue weighted by atomic mass is 16.5. The molecule has 0 saturated heterocycles. The normalized spacial score (nSPS) is 12.4. The van der Waals surface area contributed by atoms with Gasteiger partial charge in [-0.05, 0) is 36.9 Å². The molecule has 2 amide bonds. The fourth-order valence-electron chi connectivity index (χ4n) is 3.61. The van der Waals surface area contributed by atoms with Crippen LogP contribution in [-0.2, 0) is 11.3 Å². The van der Waals surface area contributed by atoms with Crippen molar-refractivity contribution in [3.8, 4) is 5.88 Å². The standard InChI is InChI=1S/C25H34N6O3/c1-25(2,3)22(24(33)28-15-17-34-20-12-6-8-14-27-20)29-23(32)21-18-10-4-5-11-19(18)31(30-21)16-9-7-13-26/h4-6,8,10-12,14,22H,7,9,13,15-17,26H2,1-3H3,(H,28,33)(H,29,32)/t22-/m1/s1. The van der Waals surface area contributed by atoms with Crippen LogP contribution in [0.5, 0.6) is 5.88 Å². The summed E-state index contributed by atoms with van der Waals surface area (Å²) in [6, 6.07) is 12.2. The second-order valence-corrected chi connectivity index (χ2v) is 9.16. The first-order chi connectivity index (χ1) is 16.3. The van der Waals surface area contributed by atoms with Gasteiger partial charge >= 0.3 is 0 Å². The molecule has 2 heterocycles. The molecule has 3 rings (SSSR count). The highest BCUT2D eigenvalue weighted by Gasteiger charge is 2.34. The van der Waals surface area contributed by atoms with Gasteiger partial charge in [-0.1, -0.05) is 45.0 Å². The molecule has 0 fully saturated rings. The van der Waals surface area contributed by atoms with Crippen LogP contribution < -0.4 is 21.1 Å². The minimum Gasteiger partial charge on any atom is -0.476 e. The molecule has 0 aliphatic heterocycles. The Balaban J connectivity index is 1.68. The Morgan fingerprint density at radius 3 is 2.59 bits per heavy atom. The molecule has 1 aromatic carbocycles. The van der Waals surface area contributed by atoms with Gasteiger partial charge in [-0.3, -0.25) is 14.3 Å². The Labute approximate surface area is 200 Å². The van der Waals surface area contributed by atoms with Crippen molar-refractivity contribution in [1.82, 2.24) is 25.4 Å². The third kappa shape index (κ3) is 6.54. The summed E-state index contributed by atoms with van der Waals surface area (Å²) >= 11 is 0. The van der Waals surface area contributed by atoms with Crippen LogP contribution in [0.2, 0.25) is 0 Å². The lowest BCUT2D eigenvalue weighted by atomic mass is 9.86. The Hall–Kier alpha value is -3.46. The smallest absolute Gasteiger partial charge is 0.273 e. The molecule has 3 aromatic rings. The molecule has 0 unspecified atom stereocenters. The van der Waals surface area contributed by atoms with Crippen LogP contribution in [0.3, 0.4) is 0 Å². The summed E-state index contributed by atoms with van der Waals surface area (Å²) < 4.78 is 7.36. The van der Waals surface area contributed by atoms with Crippen molar-refractivity contribution in [3.63, 3.8) is 0 Å². The number of nitrogens with two attached hydrogens (primary N) is 1. The SMILES string of the molecule is CC(C)(C)[C@H](NC(=O)c1nn(CCCCN)c2ccccc12)C(=O)NCCOc1ccccn1. The number of aromatic nitrogens is 3. The molecule has 1 atom stereocenters. The first-order valence-electron chi connectivity index (χ1n) is 11.6. The van der Waals surface area contributed by atoms with Gasteiger partial charge in [-0.15, -0.1) is 0 Å². The number of benzene rings is 1. The Morgan fingerprint density at radius 2 is 1.88 bits per heavy atom.